The van der Waals surface area contributed by atoms with E-state index in [1.807, 2.05) is 12.1 Å². The SMILES string of the molecule is CCNC(=O)N=c1sc([N+](=O)[O-])cn1Cc1ccc(Cl)cc1. The molecule has 0 saturated heterocycles. The van der Waals surface area contributed by atoms with Gasteiger partial charge in [-0.05, 0) is 36.0 Å². The third-order valence-electron chi connectivity index (χ3n) is 2.68. The second kappa shape index (κ2) is 7.19. The lowest BCUT2D eigenvalue weighted by Crippen LogP contribution is -2.24. The Bertz CT molecular complexity index is 751. The molecule has 1 N–H and O–H groups in total. The monoisotopic (exact) mass is 340 g/mol. The topological polar surface area (TPSA) is 89.5 Å². The molecule has 0 aliphatic heterocycles. The molecule has 0 fully saturated rings. The lowest BCUT2D eigenvalue weighted by atomic mass is 10.2. The summed E-state index contributed by atoms with van der Waals surface area (Å²) in [4.78, 5) is 26.1. The van der Waals surface area contributed by atoms with Gasteiger partial charge in [0.25, 0.3) is 0 Å². The van der Waals surface area contributed by atoms with Gasteiger partial charge in [-0.2, -0.15) is 4.99 Å². The summed E-state index contributed by atoms with van der Waals surface area (Å²) in [6, 6.07) is 6.57. The van der Waals surface area contributed by atoms with E-state index in [-0.39, 0.29) is 9.80 Å². The van der Waals surface area contributed by atoms with E-state index < -0.39 is 11.0 Å². The van der Waals surface area contributed by atoms with Gasteiger partial charge in [0.15, 0.2) is 0 Å². The van der Waals surface area contributed by atoms with Crippen LogP contribution in [-0.4, -0.2) is 22.1 Å². The lowest BCUT2D eigenvalue weighted by molar-refractivity contribution is -0.380. The second-order valence-electron chi connectivity index (χ2n) is 4.31. The molecule has 0 spiro atoms. The molecule has 2 aromatic rings. The number of halogens is 1. The lowest BCUT2D eigenvalue weighted by Gasteiger charge is -2.03. The summed E-state index contributed by atoms with van der Waals surface area (Å²) in [5.41, 5.74) is 0.898. The van der Waals surface area contributed by atoms with Crippen LogP contribution in [-0.2, 0) is 6.54 Å². The first-order chi connectivity index (χ1) is 10.5. The Labute approximate surface area is 135 Å². The smallest absolute Gasteiger partial charge is 0.336 e. The zero-order valence-electron chi connectivity index (χ0n) is 11.7. The maximum Gasteiger partial charge on any atom is 0.343 e. The number of thiazole rings is 1. The zero-order valence-corrected chi connectivity index (χ0v) is 13.2. The fourth-order valence-corrected chi connectivity index (χ4v) is 2.65. The van der Waals surface area contributed by atoms with Gasteiger partial charge < -0.3 is 9.88 Å². The highest BCUT2D eigenvalue weighted by Gasteiger charge is 2.13. The number of aromatic nitrogens is 1. The Balaban J connectivity index is 2.38. The number of rotatable bonds is 4. The number of amides is 2. The van der Waals surface area contributed by atoms with Crippen molar-refractivity contribution >= 4 is 34.0 Å². The number of nitrogens with one attached hydrogen (secondary N) is 1. The molecular weight excluding hydrogens is 328 g/mol. The number of urea groups is 1. The van der Waals surface area contributed by atoms with Crippen LogP contribution in [0, 0.1) is 10.1 Å². The van der Waals surface area contributed by atoms with Gasteiger partial charge >= 0.3 is 11.0 Å². The molecule has 9 heteroatoms. The second-order valence-corrected chi connectivity index (χ2v) is 5.73. The van der Waals surface area contributed by atoms with Crippen molar-refractivity contribution in [3.8, 4) is 0 Å². The number of carbonyl (C=O) groups is 1. The first-order valence-electron chi connectivity index (χ1n) is 6.41. The molecule has 0 aliphatic rings. The van der Waals surface area contributed by atoms with E-state index in [4.69, 9.17) is 11.6 Å². The summed E-state index contributed by atoms with van der Waals surface area (Å²) in [6.45, 7) is 2.57. The summed E-state index contributed by atoms with van der Waals surface area (Å²) in [6.07, 6.45) is 1.37. The third kappa shape index (κ3) is 4.15. The molecule has 2 amide bonds. The van der Waals surface area contributed by atoms with Crippen LogP contribution in [0.3, 0.4) is 0 Å². The molecule has 0 unspecified atom stereocenters. The van der Waals surface area contributed by atoms with E-state index in [1.165, 1.54) is 6.20 Å². The number of nitrogens with zero attached hydrogens (tertiary/aromatic N) is 3. The highest BCUT2D eigenvalue weighted by molar-refractivity contribution is 7.12. The van der Waals surface area contributed by atoms with Gasteiger partial charge in [-0.3, -0.25) is 10.1 Å². The molecule has 0 saturated carbocycles. The van der Waals surface area contributed by atoms with E-state index >= 15 is 0 Å². The third-order valence-corrected chi connectivity index (χ3v) is 3.90. The average Bonchev–Trinajstić information content (AvgIpc) is 2.85. The summed E-state index contributed by atoms with van der Waals surface area (Å²) >= 11 is 6.68. The van der Waals surface area contributed by atoms with Crippen molar-refractivity contribution in [1.29, 1.82) is 0 Å². The predicted octanol–water partition coefficient (Wildman–Crippen LogP) is 2.79. The fourth-order valence-electron chi connectivity index (χ4n) is 1.72. The molecule has 2 rings (SSSR count). The van der Waals surface area contributed by atoms with E-state index in [0.29, 0.717) is 18.1 Å². The summed E-state index contributed by atoms with van der Waals surface area (Å²) < 4.78 is 1.57. The predicted molar refractivity (Wildman–Crippen MR) is 84.2 cm³/mol. The minimum atomic E-state index is -0.524. The molecule has 0 aliphatic carbocycles. The van der Waals surface area contributed by atoms with Crippen molar-refractivity contribution in [2.75, 3.05) is 6.54 Å². The normalized spacial score (nSPS) is 11.5. The summed E-state index contributed by atoms with van der Waals surface area (Å²) in [7, 11) is 0. The number of carbonyl (C=O) groups excluding carboxylic acids is 1. The number of nitro groups is 1. The van der Waals surface area contributed by atoms with E-state index in [9.17, 15) is 14.9 Å². The molecule has 0 radical (unpaired) electrons. The Morgan fingerprint density at radius 1 is 1.45 bits per heavy atom. The van der Waals surface area contributed by atoms with Crippen molar-refractivity contribution < 1.29 is 9.72 Å². The molecular formula is C13H13ClN4O3S. The Hall–Kier alpha value is -2.19. The van der Waals surface area contributed by atoms with Crippen LogP contribution in [0.15, 0.2) is 35.5 Å². The van der Waals surface area contributed by atoms with Gasteiger partial charge in [0.05, 0.1) is 17.7 Å². The van der Waals surface area contributed by atoms with Crippen molar-refractivity contribution in [2.45, 2.75) is 13.5 Å². The highest BCUT2D eigenvalue weighted by Crippen LogP contribution is 2.16. The van der Waals surface area contributed by atoms with Crippen molar-refractivity contribution in [1.82, 2.24) is 9.88 Å². The first-order valence-corrected chi connectivity index (χ1v) is 7.60. The molecule has 22 heavy (non-hydrogen) atoms. The number of hydrogen-bond acceptors (Lipinski definition) is 4. The Morgan fingerprint density at radius 3 is 2.73 bits per heavy atom. The first kappa shape index (κ1) is 16.2. The quantitative estimate of drug-likeness (QED) is 0.685. The van der Waals surface area contributed by atoms with Crippen LogP contribution in [0.4, 0.5) is 9.80 Å². The standard InChI is InChI=1S/C13H13ClN4O3S/c1-2-15-12(19)16-13-17(8-11(22-13)18(20)21)7-9-3-5-10(14)6-4-9/h3-6,8H,2,7H2,1H3,(H,15,19). The van der Waals surface area contributed by atoms with Gasteiger partial charge in [-0.25, -0.2) is 4.79 Å². The minimum absolute atomic E-state index is 0.0722. The van der Waals surface area contributed by atoms with Crippen molar-refractivity contribution in [2.24, 2.45) is 4.99 Å². The molecule has 1 heterocycles. The van der Waals surface area contributed by atoms with Gasteiger partial charge in [-0.1, -0.05) is 23.7 Å². The van der Waals surface area contributed by atoms with Crippen LogP contribution in [0.2, 0.25) is 5.02 Å². The largest absolute Gasteiger partial charge is 0.343 e. The molecule has 116 valence electrons. The zero-order chi connectivity index (χ0) is 16.1. The Morgan fingerprint density at radius 2 is 2.14 bits per heavy atom. The van der Waals surface area contributed by atoms with Gasteiger partial charge in [-0.15, -0.1) is 0 Å². The van der Waals surface area contributed by atoms with Crippen molar-refractivity contribution in [3.63, 3.8) is 0 Å². The van der Waals surface area contributed by atoms with Gasteiger partial charge in [0.1, 0.15) is 0 Å². The van der Waals surface area contributed by atoms with Gasteiger partial charge in [0.2, 0.25) is 4.80 Å². The Kier molecular flexibility index (Phi) is 5.29. The van der Waals surface area contributed by atoms with Crippen LogP contribution >= 0.6 is 22.9 Å². The van der Waals surface area contributed by atoms with Crippen LogP contribution < -0.4 is 10.1 Å². The molecule has 7 nitrogen and oxygen atoms in total. The van der Waals surface area contributed by atoms with E-state index in [0.717, 1.165) is 16.9 Å². The summed E-state index contributed by atoms with van der Waals surface area (Å²) in [5, 5.41) is 14.0. The van der Waals surface area contributed by atoms with Crippen LogP contribution in [0.25, 0.3) is 0 Å². The summed E-state index contributed by atoms with van der Waals surface area (Å²) in [5.74, 6) is 0. The van der Waals surface area contributed by atoms with Crippen molar-refractivity contribution in [3.05, 3.63) is 56.0 Å². The maximum atomic E-state index is 11.6. The van der Waals surface area contributed by atoms with Crippen LogP contribution in [0.1, 0.15) is 12.5 Å². The minimum Gasteiger partial charge on any atom is -0.336 e. The van der Waals surface area contributed by atoms with Crippen LogP contribution in [0.5, 0.6) is 0 Å². The van der Waals surface area contributed by atoms with E-state index in [1.54, 1.807) is 23.6 Å². The highest BCUT2D eigenvalue weighted by atomic mass is 35.5. The average molecular weight is 341 g/mol. The molecule has 0 bridgehead atoms. The fraction of sp³-hybridized carbons (Fsp3) is 0.231. The molecule has 1 aromatic carbocycles. The molecule has 1 aromatic heterocycles. The van der Waals surface area contributed by atoms with Gasteiger partial charge in [0, 0.05) is 11.6 Å². The number of hydrogen-bond donors (Lipinski definition) is 1. The number of benzene rings is 1. The van der Waals surface area contributed by atoms with E-state index in [2.05, 4.69) is 10.3 Å². The maximum absolute atomic E-state index is 11.6. The molecule has 0 atom stereocenters.